The van der Waals surface area contributed by atoms with Crippen LogP contribution < -0.4 is 5.32 Å². The Kier molecular flexibility index (Phi) is 4.11. The third kappa shape index (κ3) is 2.96. The molecule has 0 fully saturated rings. The number of benzene rings is 1. The van der Waals surface area contributed by atoms with Gasteiger partial charge in [-0.2, -0.15) is 0 Å². The predicted octanol–water partition coefficient (Wildman–Crippen LogP) is 2.99. The Morgan fingerprint density at radius 2 is 1.90 bits per heavy atom. The number of carbonyl (C=O) groups is 2. The normalized spacial score (nSPS) is 10.4. The van der Waals surface area contributed by atoms with E-state index in [1.165, 1.54) is 22.8 Å². The summed E-state index contributed by atoms with van der Waals surface area (Å²) >= 11 is 11.7. The molecule has 0 radical (unpaired) electrons. The van der Waals surface area contributed by atoms with Crippen LogP contribution in [0.15, 0.2) is 24.3 Å². The molecule has 6 nitrogen and oxygen atoms in total. The fourth-order valence-corrected chi connectivity index (χ4v) is 2.12. The van der Waals surface area contributed by atoms with Crippen molar-refractivity contribution < 1.29 is 19.8 Å². The summed E-state index contributed by atoms with van der Waals surface area (Å²) in [6.07, 6.45) is 0. The monoisotopic (exact) mass is 328 g/mol. The number of carboxylic acids is 1. The summed E-state index contributed by atoms with van der Waals surface area (Å²) in [6, 6.07) is 5.11. The lowest BCUT2D eigenvalue weighted by molar-refractivity contribution is 0.0693. The molecular formula is C13H10Cl2N2O4. The van der Waals surface area contributed by atoms with Crippen LogP contribution in [0.1, 0.15) is 20.8 Å². The lowest BCUT2D eigenvalue weighted by Crippen LogP contribution is -2.15. The van der Waals surface area contributed by atoms with Crippen molar-refractivity contribution >= 4 is 40.8 Å². The van der Waals surface area contributed by atoms with Crippen LogP contribution in [0.2, 0.25) is 10.2 Å². The van der Waals surface area contributed by atoms with E-state index in [0.717, 1.165) is 6.07 Å². The zero-order chi connectivity index (χ0) is 15.7. The Morgan fingerprint density at radius 3 is 2.38 bits per heavy atom. The molecule has 1 aromatic heterocycles. The third-order valence-electron chi connectivity index (χ3n) is 2.83. The summed E-state index contributed by atoms with van der Waals surface area (Å²) in [5.41, 5.74) is 0.223. The van der Waals surface area contributed by atoms with Crippen molar-refractivity contribution in [3.63, 3.8) is 0 Å². The largest absolute Gasteiger partial charge is 0.507 e. The Hall–Kier alpha value is -2.18. The minimum atomic E-state index is -1.26. The first-order valence-corrected chi connectivity index (χ1v) is 6.45. The van der Waals surface area contributed by atoms with Gasteiger partial charge in [0, 0.05) is 18.8 Å². The summed E-state index contributed by atoms with van der Waals surface area (Å²) in [6.45, 7) is 0. The van der Waals surface area contributed by atoms with Gasteiger partial charge in [-0.3, -0.25) is 4.79 Å². The van der Waals surface area contributed by atoms with Crippen molar-refractivity contribution in [2.45, 2.75) is 0 Å². The SMILES string of the molecule is Cn1c(C(=O)Nc2ccc(C(=O)O)c(O)c2)cc(Cl)c1Cl. The van der Waals surface area contributed by atoms with E-state index in [2.05, 4.69) is 5.32 Å². The standard InChI is InChI=1S/C13H10Cl2N2O4/c1-17-9(5-8(14)11(17)15)12(19)16-6-2-3-7(13(20)21)10(18)4-6/h2-5,18H,1H3,(H,16,19)(H,20,21). The maximum Gasteiger partial charge on any atom is 0.339 e. The number of amides is 1. The molecule has 0 aliphatic rings. The maximum atomic E-state index is 12.1. The number of halogens is 2. The summed E-state index contributed by atoms with van der Waals surface area (Å²) < 4.78 is 1.41. The molecule has 3 N–H and O–H groups in total. The fourth-order valence-electron chi connectivity index (χ4n) is 1.75. The number of nitrogens with zero attached hydrogens (tertiary/aromatic N) is 1. The molecule has 8 heteroatoms. The number of hydrogen-bond donors (Lipinski definition) is 3. The molecule has 1 heterocycles. The fraction of sp³-hybridized carbons (Fsp3) is 0.0769. The predicted molar refractivity (Wildman–Crippen MR) is 78.5 cm³/mol. The second kappa shape index (κ2) is 5.67. The van der Waals surface area contributed by atoms with Crippen molar-refractivity contribution in [3.05, 3.63) is 45.7 Å². The Bertz CT molecular complexity index is 740. The molecule has 2 aromatic rings. The molecule has 0 atom stereocenters. The van der Waals surface area contributed by atoms with Gasteiger partial charge in [0.15, 0.2) is 0 Å². The van der Waals surface area contributed by atoms with E-state index in [-0.39, 0.29) is 27.1 Å². The van der Waals surface area contributed by atoms with Gasteiger partial charge in [0.05, 0.1) is 5.02 Å². The van der Waals surface area contributed by atoms with Gasteiger partial charge >= 0.3 is 5.97 Å². The summed E-state index contributed by atoms with van der Waals surface area (Å²) in [7, 11) is 1.58. The lowest BCUT2D eigenvalue weighted by atomic mass is 10.2. The van der Waals surface area contributed by atoms with Gasteiger partial charge < -0.3 is 20.1 Å². The number of aromatic hydroxyl groups is 1. The smallest absolute Gasteiger partial charge is 0.339 e. The van der Waals surface area contributed by atoms with Gasteiger partial charge in [-0.25, -0.2) is 4.79 Å². The highest BCUT2D eigenvalue weighted by Gasteiger charge is 2.17. The first kappa shape index (κ1) is 15.2. The minimum Gasteiger partial charge on any atom is -0.507 e. The number of anilines is 1. The Morgan fingerprint density at radius 1 is 1.24 bits per heavy atom. The topological polar surface area (TPSA) is 91.6 Å². The van der Waals surface area contributed by atoms with E-state index in [1.807, 2.05) is 0 Å². The molecule has 1 amide bonds. The number of rotatable bonds is 3. The highest BCUT2D eigenvalue weighted by atomic mass is 35.5. The van der Waals surface area contributed by atoms with Gasteiger partial charge in [-0.05, 0) is 18.2 Å². The van der Waals surface area contributed by atoms with Crippen LogP contribution in [-0.4, -0.2) is 26.7 Å². The highest BCUT2D eigenvalue weighted by Crippen LogP contribution is 2.26. The Labute approximate surface area is 129 Å². The zero-order valence-electron chi connectivity index (χ0n) is 10.7. The van der Waals surface area contributed by atoms with Crippen molar-refractivity contribution in [3.8, 4) is 5.75 Å². The second-order valence-corrected chi connectivity index (χ2v) is 4.98. The molecule has 0 saturated heterocycles. The summed E-state index contributed by atoms with van der Waals surface area (Å²) in [5, 5.41) is 21.4. The average molecular weight is 329 g/mol. The molecule has 0 aliphatic carbocycles. The number of nitrogens with one attached hydrogen (secondary N) is 1. The van der Waals surface area contributed by atoms with E-state index in [1.54, 1.807) is 7.05 Å². The van der Waals surface area contributed by atoms with Crippen molar-refractivity contribution in [1.29, 1.82) is 0 Å². The van der Waals surface area contributed by atoms with E-state index in [0.29, 0.717) is 0 Å². The second-order valence-electron chi connectivity index (χ2n) is 4.22. The number of carboxylic acid groups (broad SMARTS) is 1. The van der Waals surface area contributed by atoms with Gasteiger partial charge in [0.1, 0.15) is 22.2 Å². The van der Waals surface area contributed by atoms with Crippen LogP contribution >= 0.6 is 23.2 Å². The molecule has 110 valence electrons. The van der Waals surface area contributed by atoms with Crippen LogP contribution in [0.25, 0.3) is 0 Å². The molecule has 0 spiro atoms. The molecule has 0 aliphatic heterocycles. The quantitative estimate of drug-likeness (QED) is 0.807. The molecular weight excluding hydrogens is 319 g/mol. The number of phenols is 1. The van der Waals surface area contributed by atoms with Crippen LogP contribution in [0.4, 0.5) is 5.69 Å². The highest BCUT2D eigenvalue weighted by molar-refractivity contribution is 6.42. The number of hydrogen-bond acceptors (Lipinski definition) is 3. The van der Waals surface area contributed by atoms with E-state index < -0.39 is 17.6 Å². The third-order valence-corrected chi connectivity index (χ3v) is 3.68. The zero-order valence-corrected chi connectivity index (χ0v) is 12.2. The lowest BCUT2D eigenvalue weighted by Gasteiger charge is -2.08. The molecule has 1 aromatic carbocycles. The summed E-state index contributed by atoms with van der Waals surface area (Å²) in [4.78, 5) is 22.9. The van der Waals surface area contributed by atoms with Gasteiger partial charge in [0.25, 0.3) is 5.91 Å². The number of aromatic carboxylic acids is 1. The number of aromatic nitrogens is 1. The van der Waals surface area contributed by atoms with Crippen molar-refractivity contribution in [2.75, 3.05) is 5.32 Å². The van der Waals surface area contributed by atoms with E-state index in [4.69, 9.17) is 28.3 Å². The first-order chi connectivity index (χ1) is 9.81. The van der Waals surface area contributed by atoms with Gasteiger partial charge in [-0.15, -0.1) is 0 Å². The van der Waals surface area contributed by atoms with E-state index >= 15 is 0 Å². The summed E-state index contributed by atoms with van der Waals surface area (Å²) in [5.74, 6) is -2.19. The Balaban J connectivity index is 2.26. The van der Waals surface area contributed by atoms with E-state index in [9.17, 15) is 14.7 Å². The number of carbonyl (C=O) groups excluding carboxylic acids is 1. The van der Waals surface area contributed by atoms with Gasteiger partial charge in [-0.1, -0.05) is 23.2 Å². The minimum absolute atomic E-state index is 0.228. The van der Waals surface area contributed by atoms with Crippen LogP contribution in [-0.2, 0) is 7.05 Å². The molecule has 21 heavy (non-hydrogen) atoms. The van der Waals surface area contributed by atoms with Crippen LogP contribution in [0.5, 0.6) is 5.75 Å². The first-order valence-electron chi connectivity index (χ1n) is 5.69. The van der Waals surface area contributed by atoms with Crippen molar-refractivity contribution in [2.24, 2.45) is 7.05 Å². The molecule has 0 unspecified atom stereocenters. The molecule has 0 saturated carbocycles. The average Bonchev–Trinajstić information content (AvgIpc) is 2.66. The molecule has 2 rings (SSSR count). The van der Waals surface area contributed by atoms with Crippen LogP contribution in [0.3, 0.4) is 0 Å². The molecule has 0 bridgehead atoms. The van der Waals surface area contributed by atoms with Crippen LogP contribution in [0, 0.1) is 0 Å². The van der Waals surface area contributed by atoms with Crippen molar-refractivity contribution in [1.82, 2.24) is 4.57 Å². The van der Waals surface area contributed by atoms with Gasteiger partial charge in [0.2, 0.25) is 0 Å². The maximum absolute atomic E-state index is 12.1.